The van der Waals surface area contributed by atoms with E-state index in [0.29, 0.717) is 17.8 Å². The maximum Gasteiger partial charge on any atom is 0.302 e. The van der Waals surface area contributed by atoms with Crippen molar-refractivity contribution in [3.8, 4) is 0 Å². The van der Waals surface area contributed by atoms with E-state index < -0.39 is 5.41 Å². The van der Waals surface area contributed by atoms with Crippen molar-refractivity contribution in [3.05, 3.63) is 11.6 Å². The van der Waals surface area contributed by atoms with Crippen LogP contribution in [0.3, 0.4) is 0 Å². The van der Waals surface area contributed by atoms with E-state index in [1.807, 2.05) is 12.4 Å². The van der Waals surface area contributed by atoms with E-state index in [2.05, 4.69) is 47.6 Å². The van der Waals surface area contributed by atoms with Gasteiger partial charge in [-0.25, -0.2) is 5.48 Å². The number of hydrogen-bond acceptors (Lipinski definition) is 4. The summed E-state index contributed by atoms with van der Waals surface area (Å²) in [5, 5.41) is 9.50. The van der Waals surface area contributed by atoms with Crippen molar-refractivity contribution < 1.29 is 19.5 Å². The number of ether oxygens (including phenoxy) is 1. The van der Waals surface area contributed by atoms with Gasteiger partial charge in [0.15, 0.2) is 0 Å². The summed E-state index contributed by atoms with van der Waals surface area (Å²) in [6.07, 6.45) is 13.4. The summed E-state index contributed by atoms with van der Waals surface area (Å²) in [5.74, 6) is 1.16. The molecule has 5 aliphatic rings. The normalized spacial score (nSPS) is 50.4. The lowest BCUT2D eigenvalue weighted by Crippen LogP contribution is -2.64. The summed E-state index contributed by atoms with van der Waals surface area (Å²) in [7, 11) is 0. The first-order valence-corrected chi connectivity index (χ1v) is 14.9. The molecule has 5 aliphatic carbocycles. The summed E-state index contributed by atoms with van der Waals surface area (Å²) >= 11 is 0. The summed E-state index contributed by atoms with van der Waals surface area (Å²) in [5.41, 5.74) is 3.84. The van der Waals surface area contributed by atoms with Crippen molar-refractivity contribution in [3.63, 3.8) is 0 Å². The Kier molecular flexibility index (Phi) is 6.12. The van der Waals surface area contributed by atoms with Crippen LogP contribution in [0.4, 0.5) is 0 Å². The van der Waals surface area contributed by atoms with Crippen LogP contribution in [0.2, 0.25) is 0 Å². The zero-order chi connectivity index (χ0) is 27.2. The minimum Gasteiger partial charge on any atom is -0.462 e. The first-order chi connectivity index (χ1) is 17.1. The molecule has 4 saturated carbocycles. The van der Waals surface area contributed by atoms with Gasteiger partial charge in [0, 0.05) is 17.8 Å². The predicted molar refractivity (Wildman–Crippen MR) is 145 cm³/mol. The molecule has 0 saturated heterocycles. The van der Waals surface area contributed by atoms with Gasteiger partial charge >= 0.3 is 5.97 Å². The Labute approximate surface area is 224 Å². The second kappa shape index (κ2) is 8.32. The van der Waals surface area contributed by atoms with Gasteiger partial charge in [-0.15, -0.1) is 0 Å². The molecule has 5 rings (SSSR count). The van der Waals surface area contributed by atoms with Crippen LogP contribution in [-0.2, 0) is 14.3 Å². The van der Waals surface area contributed by atoms with Crippen molar-refractivity contribution in [2.75, 3.05) is 0 Å². The molecule has 0 bridgehead atoms. The average molecular weight is 514 g/mol. The Bertz CT molecular complexity index is 1020. The van der Waals surface area contributed by atoms with E-state index >= 15 is 0 Å². The number of esters is 1. The van der Waals surface area contributed by atoms with Crippen molar-refractivity contribution >= 4 is 11.9 Å². The molecule has 0 spiro atoms. The number of carbonyl (C=O) groups is 2. The Morgan fingerprint density at radius 1 is 0.919 bits per heavy atom. The summed E-state index contributed by atoms with van der Waals surface area (Å²) < 4.78 is 5.88. The largest absolute Gasteiger partial charge is 0.462 e. The van der Waals surface area contributed by atoms with Gasteiger partial charge in [-0.05, 0) is 104 Å². The Morgan fingerprint density at radius 2 is 1.59 bits per heavy atom. The van der Waals surface area contributed by atoms with Gasteiger partial charge in [-0.2, -0.15) is 0 Å². The molecular formula is C32H51NO4. The van der Waals surface area contributed by atoms with Crippen LogP contribution >= 0.6 is 0 Å². The number of nitrogens with one attached hydrogen (secondary N) is 1. The van der Waals surface area contributed by atoms with Crippen LogP contribution in [0.25, 0.3) is 0 Å². The van der Waals surface area contributed by atoms with Gasteiger partial charge in [0.1, 0.15) is 6.10 Å². The van der Waals surface area contributed by atoms with Crippen molar-refractivity contribution in [2.24, 2.45) is 50.2 Å². The molecule has 0 aliphatic heterocycles. The molecule has 9 atom stereocenters. The number of carbonyl (C=O) groups excluding carboxylic acids is 2. The quantitative estimate of drug-likeness (QED) is 0.177. The first-order valence-electron chi connectivity index (χ1n) is 14.9. The van der Waals surface area contributed by atoms with Gasteiger partial charge in [-0.3, -0.25) is 14.8 Å². The molecule has 0 aromatic carbocycles. The lowest BCUT2D eigenvalue weighted by Gasteiger charge is -2.71. The Morgan fingerprint density at radius 3 is 2.24 bits per heavy atom. The van der Waals surface area contributed by atoms with Crippen LogP contribution < -0.4 is 5.48 Å². The van der Waals surface area contributed by atoms with Gasteiger partial charge in [-0.1, -0.05) is 60.1 Å². The smallest absolute Gasteiger partial charge is 0.302 e. The van der Waals surface area contributed by atoms with Crippen LogP contribution in [0.1, 0.15) is 120 Å². The van der Waals surface area contributed by atoms with Gasteiger partial charge in [0.05, 0.1) is 0 Å². The number of fused-ring (bicyclic) bond motifs is 7. The van der Waals surface area contributed by atoms with Gasteiger partial charge < -0.3 is 4.74 Å². The third kappa shape index (κ3) is 3.57. The molecule has 0 aromatic rings. The van der Waals surface area contributed by atoms with E-state index in [9.17, 15) is 14.8 Å². The first kappa shape index (κ1) is 27.2. The lowest BCUT2D eigenvalue weighted by molar-refractivity contribution is -0.212. The molecule has 5 nitrogen and oxygen atoms in total. The molecular weight excluding hydrogens is 462 g/mol. The van der Waals surface area contributed by atoms with Crippen molar-refractivity contribution in [1.29, 1.82) is 0 Å². The van der Waals surface area contributed by atoms with Crippen molar-refractivity contribution in [2.45, 2.75) is 126 Å². The highest BCUT2D eigenvalue weighted by Gasteiger charge is 2.68. The SMILES string of the molecule is CC(=O)O[C@H]1CC[C@@]2(C)C(CC[C@]3(C)[C@@H]2CC=C2[C@@H]4C[C@@](C)(C(=O)NO)CC[C@]4(C)CC[C@]23C)C1(C)C. The summed E-state index contributed by atoms with van der Waals surface area (Å²) in [6, 6.07) is 0. The standard InChI is InChI=1S/C32H51NO4/c1-20(34)37-25-12-13-30(6)23(27(25,2)3)11-14-32(8)24(30)10-9-21-22-19-29(5,26(35)33-36)16-15-28(22,4)17-18-31(21,32)7/h9,22-25,36H,10-19H2,1-8H3,(H,33,35)/t22-,23?,24+,25-,28+,29-,30-,31+,32+/m0/s1. The number of allylic oxidation sites excluding steroid dienone is 2. The predicted octanol–water partition coefficient (Wildman–Crippen LogP) is 7.23. The molecule has 0 radical (unpaired) electrons. The van der Waals surface area contributed by atoms with E-state index in [4.69, 9.17) is 4.74 Å². The van der Waals surface area contributed by atoms with Crippen molar-refractivity contribution in [1.82, 2.24) is 5.48 Å². The molecule has 0 heterocycles. The summed E-state index contributed by atoms with van der Waals surface area (Å²) in [6.45, 7) is 18.5. The van der Waals surface area contributed by atoms with E-state index in [-0.39, 0.29) is 45.1 Å². The highest BCUT2D eigenvalue weighted by molar-refractivity contribution is 5.81. The summed E-state index contributed by atoms with van der Waals surface area (Å²) in [4.78, 5) is 24.6. The molecule has 5 heteroatoms. The zero-order valence-corrected chi connectivity index (χ0v) is 24.6. The molecule has 208 valence electrons. The van der Waals surface area contributed by atoms with E-state index in [1.54, 1.807) is 12.5 Å². The Hall–Kier alpha value is -1.36. The van der Waals surface area contributed by atoms with E-state index in [0.717, 1.165) is 38.5 Å². The van der Waals surface area contributed by atoms with Gasteiger partial charge in [0.25, 0.3) is 0 Å². The average Bonchev–Trinajstić information content (AvgIpc) is 2.82. The number of hydroxylamine groups is 1. The van der Waals surface area contributed by atoms with Crippen LogP contribution in [0.15, 0.2) is 11.6 Å². The van der Waals surface area contributed by atoms with Crippen LogP contribution in [-0.4, -0.2) is 23.2 Å². The number of hydrogen-bond donors (Lipinski definition) is 2. The van der Waals surface area contributed by atoms with Crippen LogP contribution in [0, 0.1) is 50.2 Å². The third-order valence-corrected chi connectivity index (χ3v) is 13.7. The molecule has 1 amide bonds. The minimum atomic E-state index is -0.515. The second-order valence-electron chi connectivity index (χ2n) is 15.7. The highest BCUT2D eigenvalue weighted by atomic mass is 16.5. The molecule has 37 heavy (non-hydrogen) atoms. The zero-order valence-electron chi connectivity index (χ0n) is 24.6. The maximum absolute atomic E-state index is 12.7. The van der Waals surface area contributed by atoms with Crippen LogP contribution in [0.5, 0.6) is 0 Å². The fourth-order valence-electron chi connectivity index (χ4n) is 11.1. The topological polar surface area (TPSA) is 75.6 Å². The van der Waals surface area contributed by atoms with Gasteiger partial charge in [0.2, 0.25) is 5.91 Å². The fraction of sp³-hybridized carbons (Fsp3) is 0.875. The highest BCUT2D eigenvalue weighted by Crippen LogP contribution is 2.75. The lowest BCUT2D eigenvalue weighted by atomic mass is 9.33. The molecule has 0 aromatic heterocycles. The monoisotopic (exact) mass is 513 g/mol. The second-order valence-corrected chi connectivity index (χ2v) is 15.7. The minimum absolute atomic E-state index is 0.00527. The third-order valence-electron chi connectivity index (χ3n) is 13.7. The number of rotatable bonds is 2. The van der Waals surface area contributed by atoms with E-state index in [1.165, 1.54) is 25.7 Å². The maximum atomic E-state index is 12.7. The Balaban J connectivity index is 1.52. The molecule has 2 N–H and O–H groups in total. The molecule has 1 unspecified atom stereocenters. The fourth-order valence-corrected chi connectivity index (χ4v) is 11.1. The number of amides is 1. The molecule has 4 fully saturated rings.